The third kappa shape index (κ3) is 7.14. The smallest absolute Gasteiger partial charge is 0.308 e. The molecule has 1 aromatic carbocycles. The molecule has 1 saturated heterocycles. The van der Waals surface area contributed by atoms with E-state index in [4.69, 9.17) is 14.2 Å². The van der Waals surface area contributed by atoms with Crippen LogP contribution in [0.1, 0.15) is 97.6 Å². The first-order chi connectivity index (χ1) is 13.6. The summed E-state index contributed by atoms with van der Waals surface area (Å²) >= 11 is 0. The summed E-state index contributed by atoms with van der Waals surface area (Å²) in [4.78, 5) is 23.0. The number of hydrogen-bond donors (Lipinski definition) is 0. The number of benzene rings is 1. The van der Waals surface area contributed by atoms with Gasteiger partial charge in [0.05, 0.1) is 11.7 Å². The molecule has 1 aromatic rings. The van der Waals surface area contributed by atoms with Crippen molar-refractivity contribution in [1.82, 2.24) is 0 Å². The number of esters is 2. The van der Waals surface area contributed by atoms with Gasteiger partial charge in [-0.2, -0.15) is 0 Å². The average molecular weight is 407 g/mol. The van der Waals surface area contributed by atoms with Gasteiger partial charge in [0.1, 0.15) is 11.5 Å². The molecular weight excluding hydrogens is 368 g/mol. The number of rotatable bonds is 3. The van der Waals surface area contributed by atoms with E-state index in [2.05, 4.69) is 34.6 Å². The molecule has 5 heteroatoms. The van der Waals surface area contributed by atoms with Gasteiger partial charge in [0.25, 0.3) is 0 Å². The van der Waals surface area contributed by atoms with Crippen molar-refractivity contribution in [3.05, 3.63) is 23.3 Å². The van der Waals surface area contributed by atoms with Gasteiger partial charge in [0, 0.05) is 25.3 Å². The molecule has 1 aliphatic heterocycles. The minimum atomic E-state index is -0.388. The van der Waals surface area contributed by atoms with Gasteiger partial charge in [-0.3, -0.25) is 9.59 Å². The predicted octanol–water partition coefficient (Wildman–Crippen LogP) is 6.10. The van der Waals surface area contributed by atoms with Gasteiger partial charge in [-0.25, -0.2) is 0 Å². The summed E-state index contributed by atoms with van der Waals surface area (Å²) in [7, 11) is 0. The maximum Gasteiger partial charge on any atom is 0.308 e. The van der Waals surface area contributed by atoms with Gasteiger partial charge >= 0.3 is 11.9 Å². The Balaban J connectivity index is 0.000000626. The molecule has 0 radical (unpaired) electrons. The van der Waals surface area contributed by atoms with Gasteiger partial charge < -0.3 is 14.2 Å². The molecule has 1 saturated carbocycles. The quantitative estimate of drug-likeness (QED) is 0.344. The predicted molar refractivity (Wildman–Crippen MR) is 116 cm³/mol. The van der Waals surface area contributed by atoms with Gasteiger partial charge in [0.2, 0.25) is 0 Å². The Hall–Kier alpha value is -1.88. The maximum absolute atomic E-state index is 11.5. The normalized spacial score (nSPS) is 24.0. The maximum atomic E-state index is 11.5. The second-order valence-corrected chi connectivity index (χ2v) is 8.13. The van der Waals surface area contributed by atoms with Crippen molar-refractivity contribution in [1.29, 1.82) is 0 Å². The van der Waals surface area contributed by atoms with Crippen molar-refractivity contribution < 1.29 is 23.8 Å². The van der Waals surface area contributed by atoms with Crippen molar-refractivity contribution in [2.45, 2.75) is 105 Å². The summed E-state index contributed by atoms with van der Waals surface area (Å²) in [6.07, 6.45) is 5.57. The van der Waals surface area contributed by atoms with Crippen molar-refractivity contribution in [3.63, 3.8) is 0 Å². The Morgan fingerprint density at radius 2 is 1.48 bits per heavy atom. The molecule has 2 fully saturated rings. The number of fused-ring (bicyclic) bond motifs is 1. The lowest BCUT2D eigenvalue weighted by molar-refractivity contribution is -0.132. The zero-order chi connectivity index (χ0) is 22.2. The van der Waals surface area contributed by atoms with E-state index >= 15 is 0 Å². The van der Waals surface area contributed by atoms with Crippen molar-refractivity contribution >= 4 is 11.9 Å². The topological polar surface area (TPSA) is 65.1 Å². The van der Waals surface area contributed by atoms with Gasteiger partial charge in [-0.05, 0) is 50.8 Å². The van der Waals surface area contributed by atoms with E-state index in [1.165, 1.54) is 26.7 Å². The molecule has 3 atom stereocenters. The number of aryl methyl sites for hydroxylation is 1. The standard InChI is InChI=1S/C18H22O5.2C3H8/c1-10-8-14(21-11(2)19)16(15(9-10)22-12(3)20)13-6-5-7-18(4)17(13)23-18;2*1-3-2/h8-9,13,17H,5-7H2,1-4H3;2*3H2,1-2H3. The van der Waals surface area contributed by atoms with Crippen LogP contribution in [-0.4, -0.2) is 23.6 Å². The Bertz CT molecular complexity index is 658. The van der Waals surface area contributed by atoms with Gasteiger partial charge in [-0.1, -0.05) is 40.5 Å². The second-order valence-electron chi connectivity index (χ2n) is 8.13. The molecule has 0 N–H and O–H groups in total. The first-order valence-electron chi connectivity index (χ1n) is 10.8. The number of carbonyl (C=O) groups excluding carboxylic acids is 2. The SMILES string of the molecule is CC(=O)Oc1cc(C)cc(OC(C)=O)c1C1CCCC2(C)OC12.CCC.CCC. The van der Waals surface area contributed by atoms with Crippen molar-refractivity contribution in [3.8, 4) is 11.5 Å². The molecule has 5 nitrogen and oxygen atoms in total. The van der Waals surface area contributed by atoms with Crippen molar-refractivity contribution in [2.24, 2.45) is 0 Å². The lowest BCUT2D eigenvalue weighted by Gasteiger charge is -2.26. The van der Waals surface area contributed by atoms with Crippen LogP contribution in [0.3, 0.4) is 0 Å². The fourth-order valence-corrected chi connectivity index (χ4v) is 3.66. The molecule has 3 rings (SSSR count). The number of carbonyl (C=O) groups is 2. The van der Waals surface area contributed by atoms with E-state index in [0.717, 1.165) is 30.4 Å². The van der Waals surface area contributed by atoms with Gasteiger partial charge in [0.15, 0.2) is 0 Å². The highest BCUT2D eigenvalue weighted by atomic mass is 16.6. The summed E-state index contributed by atoms with van der Waals surface area (Å²) in [6, 6.07) is 3.64. The third-order valence-electron chi connectivity index (χ3n) is 4.62. The molecule has 3 unspecified atom stereocenters. The third-order valence-corrected chi connectivity index (χ3v) is 4.62. The minimum absolute atomic E-state index is 0.0676. The van der Waals surface area contributed by atoms with Crippen molar-refractivity contribution in [2.75, 3.05) is 0 Å². The summed E-state index contributed by atoms with van der Waals surface area (Å²) in [5.74, 6) is 0.233. The Morgan fingerprint density at radius 3 is 1.90 bits per heavy atom. The lowest BCUT2D eigenvalue weighted by Crippen LogP contribution is -2.23. The monoisotopic (exact) mass is 406 g/mol. The van der Waals surface area contributed by atoms with E-state index in [1.54, 1.807) is 0 Å². The van der Waals surface area contributed by atoms with Crippen LogP contribution in [0.15, 0.2) is 12.1 Å². The fourth-order valence-electron chi connectivity index (χ4n) is 3.66. The first-order valence-corrected chi connectivity index (χ1v) is 10.8. The van der Waals surface area contributed by atoms with Crippen LogP contribution < -0.4 is 9.47 Å². The van der Waals surface area contributed by atoms with E-state index in [-0.39, 0.29) is 29.6 Å². The summed E-state index contributed by atoms with van der Waals surface area (Å²) in [5.41, 5.74) is 1.54. The Labute approximate surface area is 176 Å². The average Bonchev–Trinajstić information content (AvgIpc) is 3.27. The Morgan fingerprint density at radius 1 is 1.03 bits per heavy atom. The molecule has 164 valence electrons. The molecule has 0 aromatic heterocycles. The van der Waals surface area contributed by atoms with Crippen LogP contribution in [-0.2, 0) is 14.3 Å². The molecule has 0 bridgehead atoms. The van der Waals surface area contributed by atoms with E-state index in [9.17, 15) is 9.59 Å². The first kappa shape index (κ1) is 25.2. The second kappa shape index (κ2) is 11.3. The Kier molecular flexibility index (Phi) is 9.84. The largest absolute Gasteiger partial charge is 0.426 e. The molecule has 0 spiro atoms. The number of hydrogen-bond acceptors (Lipinski definition) is 5. The van der Waals surface area contributed by atoms with Crippen LogP contribution in [0.4, 0.5) is 0 Å². The zero-order valence-electron chi connectivity index (χ0n) is 19.4. The molecule has 29 heavy (non-hydrogen) atoms. The summed E-state index contributed by atoms with van der Waals surface area (Å²) < 4.78 is 16.7. The van der Waals surface area contributed by atoms with Crippen LogP contribution in [0, 0.1) is 6.92 Å². The van der Waals surface area contributed by atoms with Crippen LogP contribution in [0.2, 0.25) is 0 Å². The van der Waals surface area contributed by atoms with E-state index in [0.29, 0.717) is 11.5 Å². The molecule has 2 aliphatic rings. The van der Waals surface area contributed by atoms with Gasteiger partial charge in [-0.15, -0.1) is 0 Å². The van der Waals surface area contributed by atoms with Crippen LogP contribution in [0.5, 0.6) is 11.5 Å². The number of epoxide rings is 1. The fraction of sp³-hybridized carbons (Fsp3) is 0.667. The van der Waals surface area contributed by atoms with Crippen LogP contribution in [0.25, 0.3) is 0 Å². The lowest BCUT2D eigenvalue weighted by atomic mass is 9.78. The molecule has 1 heterocycles. The molecule has 0 amide bonds. The summed E-state index contributed by atoms with van der Waals surface area (Å²) in [6.45, 7) is 15.2. The number of ether oxygens (including phenoxy) is 3. The highest BCUT2D eigenvalue weighted by molar-refractivity contribution is 5.73. The molecular formula is C24H38O5. The summed E-state index contributed by atoms with van der Waals surface area (Å²) in [5, 5.41) is 0. The molecule has 1 aliphatic carbocycles. The van der Waals surface area contributed by atoms with E-state index < -0.39 is 0 Å². The highest BCUT2D eigenvalue weighted by Crippen LogP contribution is 2.57. The zero-order valence-corrected chi connectivity index (χ0v) is 19.4. The van der Waals surface area contributed by atoms with Crippen LogP contribution >= 0.6 is 0 Å². The minimum Gasteiger partial charge on any atom is -0.426 e. The highest BCUT2D eigenvalue weighted by Gasteiger charge is 2.59. The van der Waals surface area contributed by atoms with E-state index in [1.807, 2.05) is 19.1 Å².